The third kappa shape index (κ3) is 3.51. The van der Waals surface area contributed by atoms with Crippen molar-refractivity contribution < 1.29 is 9.32 Å². The molecule has 6 nitrogen and oxygen atoms in total. The van der Waals surface area contributed by atoms with Gasteiger partial charge in [-0.1, -0.05) is 31.1 Å². The van der Waals surface area contributed by atoms with Crippen molar-refractivity contribution in [3.63, 3.8) is 0 Å². The maximum Gasteiger partial charge on any atom is 0.258 e. The fourth-order valence-corrected chi connectivity index (χ4v) is 2.13. The minimum atomic E-state index is -0.383. The van der Waals surface area contributed by atoms with Gasteiger partial charge in [-0.3, -0.25) is 4.79 Å². The van der Waals surface area contributed by atoms with Crippen molar-refractivity contribution in [1.82, 2.24) is 15.5 Å². The third-order valence-corrected chi connectivity index (χ3v) is 3.94. The molecule has 0 aliphatic rings. The first-order chi connectivity index (χ1) is 10.5. The highest BCUT2D eigenvalue weighted by molar-refractivity contribution is 5.99. The number of hydrogen-bond donors (Lipinski definition) is 2. The SMILES string of the molecule is CCC(N)(CC)CNC(=O)c1ccccc1-c1nc(C)no1. The molecule has 1 aromatic heterocycles. The van der Waals surface area contributed by atoms with Gasteiger partial charge in [0.1, 0.15) is 0 Å². The predicted molar refractivity (Wildman–Crippen MR) is 84.3 cm³/mol. The Morgan fingerprint density at radius 1 is 1.32 bits per heavy atom. The van der Waals surface area contributed by atoms with Crippen LogP contribution in [0, 0.1) is 6.92 Å². The van der Waals surface area contributed by atoms with Crippen molar-refractivity contribution in [2.75, 3.05) is 6.54 Å². The number of carbonyl (C=O) groups excluding carboxylic acids is 1. The van der Waals surface area contributed by atoms with Crippen LogP contribution < -0.4 is 11.1 Å². The molecule has 0 saturated carbocycles. The number of aryl methyl sites for hydroxylation is 1. The van der Waals surface area contributed by atoms with Crippen molar-refractivity contribution in [2.24, 2.45) is 5.73 Å². The maximum atomic E-state index is 12.5. The van der Waals surface area contributed by atoms with E-state index >= 15 is 0 Å². The van der Waals surface area contributed by atoms with Gasteiger partial charge in [0.15, 0.2) is 5.82 Å². The molecule has 0 radical (unpaired) electrons. The van der Waals surface area contributed by atoms with E-state index in [1.807, 2.05) is 19.9 Å². The lowest BCUT2D eigenvalue weighted by molar-refractivity contribution is 0.0942. The molecule has 2 aromatic rings. The van der Waals surface area contributed by atoms with Gasteiger partial charge in [0.25, 0.3) is 11.8 Å². The molecule has 0 unspecified atom stereocenters. The summed E-state index contributed by atoms with van der Waals surface area (Å²) in [7, 11) is 0. The second-order valence-corrected chi connectivity index (χ2v) is 5.44. The lowest BCUT2D eigenvalue weighted by Crippen LogP contribution is -2.49. The van der Waals surface area contributed by atoms with Crippen molar-refractivity contribution in [3.05, 3.63) is 35.7 Å². The number of hydrogen-bond acceptors (Lipinski definition) is 5. The molecule has 1 aromatic carbocycles. The molecule has 22 heavy (non-hydrogen) atoms. The third-order valence-electron chi connectivity index (χ3n) is 3.94. The minimum absolute atomic E-state index is 0.192. The number of nitrogens with zero attached hydrogens (tertiary/aromatic N) is 2. The largest absolute Gasteiger partial charge is 0.350 e. The molecule has 0 atom stereocenters. The van der Waals surface area contributed by atoms with Crippen LogP contribution in [-0.4, -0.2) is 28.1 Å². The highest BCUT2D eigenvalue weighted by Crippen LogP contribution is 2.22. The van der Waals surface area contributed by atoms with E-state index in [-0.39, 0.29) is 11.4 Å². The van der Waals surface area contributed by atoms with E-state index in [4.69, 9.17) is 10.3 Å². The van der Waals surface area contributed by atoms with Gasteiger partial charge < -0.3 is 15.6 Å². The van der Waals surface area contributed by atoms with E-state index in [0.717, 1.165) is 12.8 Å². The van der Waals surface area contributed by atoms with Crippen LogP contribution in [0.3, 0.4) is 0 Å². The Bertz CT molecular complexity index is 647. The molecule has 3 N–H and O–H groups in total. The summed E-state index contributed by atoms with van der Waals surface area (Å²) in [4.78, 5) is 16.7. The van der Waals surface area contributed by atoms with Gasteiger partial charge in [0, 0.05) is 12.1 Å². The summed E-state index contributed by atoms with van der Waals surface area (Å²) >= 11 is 0. The highest BCUT2D eigenvalue weighted by Gasteiger charge is 2.23. The lowest BCUT2D eigenvalue weighted by atomic mass is 9.94. The van der Waals surface area contributed by atoms with Crippen LogP contribution in [0.2, 0.25) is 0 Å². The quantitative estimate of drug-likeness (QED) is 0.853. The number of rotatable bonds is 6. The predicted octanol–water partition coefficient (Wildman–Crippen LogP) is 2.29. The van der Waals surface area contributed by atoms with Crippen LogP contribution in [0.4, 0.5) is 0 Å². The Labute approximate surface area is 130 Å². The number of aromatic nitrogens is 2. The summed E-state index contributed by atoms with van der Waals surface area (Å²) in [5, 5.41) is 6.67. The molecule has 0 spiro atoms. The van der Waals surface area contributed by atoms with Gasteiger partial charge in [0.05, 0.1) is 11.1 Å². The molecule has 0 bridgehead atoms. The molecule has 0 fully saturated rings. The van der Waals surface area contributed by atoms with Crippen molar-refractivity contribution in [3.8, 4) is 11.5 Å². The number of carbonyl (C=O) groups is 1. The number of nitrogens with two attached hydrogens (primary N) is 1. The van der Waals surface area contributed by atoms with E-state index in [2.05, 4.69) is 15.5 Å². The summed E-state index contributed by atoms with van der Waals surface area (Å²) in [6, 6.07) is 7.16. The molecular weight excluding hydrogens is 280 g/mol. The van der Waals surface area contributed by atoms with Gasteiger partial charge in [-0.25, -0.2) is 0 Å². The summed E-state index contributed by atoms with van der Waals surface area (Å²) in [5.41, 5.74) is 6.96. The summed E-state index contributed by atoms with van der Waals surface area (Å²) in [5.74, 6) is 0.680. The molecular formula is C16H22N4O2. The zero-order chi connectivity index (χ0) is 16.2. The Hall–Kier alpha value is -2.21. The zero-order valence-corrected chi connectivity index (χ0v) is 13.2. The number of amides is 1. The second kappa shape index (κ2) is 6.70. The van der Waals surface area contributed by atoms with E-state index in [9.17, 15) is 4.79 Å². The maximum absolute atomic E-state index is 12.5. The second-order valence-electron chi connectivity index (χ2n) is 5.44. The lowest BCUT2D eigenvalue weighted by Gasteiger charge is -2.26. The summed E-state index contributed by atoms with van der Waals surface area (Å²) < 4.78 is 5.16. The highest BCUT2D eigenvalue weighted by atomic mass is 16.5. The van der Waals surface area contributed by atoms with Crippen LogP contribution in [0.1, 0.15) is 42.9 Å². The number of benzene rings is 1. The average molecular weight is 302 g/mol. The van der Waals surface area contributed by atoms with Gasteiger partial charge in [0.2, 0.25) is 0 Å². The van der Waals surface area contributed by atoms with E-state index < -0.39 is 0 Å². The van der Waals surface area contributed by atoms with Crippen molar-refractivity contribution >= 4 is 5.91 Å². The smallest absolute Gasteiger partial charge is 0.258 e. The summed E-state index contributed by atoms with van der Waals surface area (Å²) in [6.45, 7) is 6.20. The fraction of sp³-hybridized carbons (Fsp3) is 0.438. The van der Waals surface area contributed by atoms with E-state index in [1.165, 1.54) is 0 Å². The van der Waals surface area contributed by atoms with Crippen molar-refractivity contribution in [1.29, 1.82) is 0 Å². The van der Waals surface area contributed by atoms with Gasteiger partial charge in [-0.15, -0.1) is 0 Å². The topological polar surface area (TPSA) is 94.0 Å². The van der Waals surface area contributed by atoms with Gasteiger partial charge >= 0.3 is 0 Å². The normalized spacial score (nSPS) is 11.5. The first-order valence-corrected chi connectivity index (χ1v) is 7.46. The first-order valence-electron chi connectivity index (χ1n) is 7.46. The minimum Gasteiger partial charge on any atom is -0.350 e. The Morgan fingerprint density at radius 3 is 2.59 bits per heavy atom. The Kier molecular flexibility index (Phi) is 4.92. The van der Waals surface area contributed by atoms with E-state index in [1.54, 1.807) is 25.1 Å². The molecule has 0 aliphatic carbocycles. The Balaban J connectivity index is 2.20. The van der Waals surface area contributed by atoms with Gasteiger partial charge in [-0.2, -0.15) is 4.98 Å². The van der Waals surface area contributed by atoms with Crippen LogP contribution in [0.25, 0.3) is 11.5 Å². The van der Waals surface area contributed by atoms with E-state index in [0.29, 0.717) is 29.4 Å². The molecule has 1 heterocycles. The van der Waals surface area contributed by atoms with Crippen LogP contribution in [-0.2, 0) is 0 Å². The molecule has 0 saturated heterocycles. The first kappa shape index (κ1) is 16.2. The number of nitrogens with one attached hydrogen (secondary N) is 1. The van der Waals surface area contributed by atoms with Crippen LogP contribution in [0.5, 0.6) is 0 Å². The zero-order valence-electron chi connectivity index (χ0n) is 13.2. The van der Waals surface area contributed by atoms with Crippen molar-refractivity contribution in [2.45, 2.75) is 39.2 Å². The van der Waals surface area contributed by atoms with Crippen LogP contribution in [0.15, 0.2) is 28.8 Å². The monoisotopic (exact) mass is 302 g/mol. The summed E-state index contributed by atoms with van der Waals surface area (Å²) in [6.07, 6.45) is 1.60. The molecule has 0 aliphatic heterocycles. The Morgan fingerprint density at radius 2 is 2.00 bits per heavy atom. The fourth-order valence-electron chi connectivity index (χ4n) is 2.13. The standard InChI is InChI=1S/C16H22N4O2/c1-4-16(17,5-2)10-18-14(21)12-8-6-7-9-13(12)15-19-11(3)20-22-15/h6-9H,4-5,10,17H2,1-3H3,(H,18,21). The average Bonchev–Trinajstić information content (AvgIpc) is 2.98. The molecule has 6 heteroatoms. The van der Waals surface area contributed by atoms with Crippen LogP contribution >= 0.6 is 0 Å². The molecule has 1 amide bonds. The van der Waals surface area contributed by atoms with Gasteiger partial charge in [-0.05, 0) is 31.9 Å². The molecule has 118 valence electrons. The molecule has 2 rings (SSSR count).